The third-order valence-electron chi connectivity index (χ3n) is 9.22. The van der Waals surface area contributed by atoms with E-state index in [1.165, 1.54) is 18.3 Å². The molecule has 1 saturated carbocycles. The number of pyridine rings is 2. The van der Waals surface area contributed by atoms with Crippen LogP contribution in [0.3, 0.4) is 0 Å². The number of aromatic carboxylic acids is 1. The number of aromatic nitrogens is 4. The van der Waals surface area contributed by atoms with E-state index in [-0.39, 0.29) is 58.4 Å². The Hall–Kier alpha value is -5.74. The van der Waals surface area contributed by atoms with Crippen LogP contribution in [-0.2, 0) is 17.8 Å². The lowest BCUT2D eigenvalue weighted by Gasteiger charge is -2.28. The average Bonchev–Trinajstić information content (AvgIpc) is 3.66. The van der Waals surface area contributed by atoms with Crippen LogP contribution in [0.1, 0.15) is 70.5 Å². The number of hydrogen-bond donors (Lipinski definition) is 2. The number of amides is 1. The highest BCUT2D eigenvalue weighted by Crippen LogP contribution is 2.41. The average molecular weight is 679 g/mol. The topological polar surface area (TPSA) is 152 Å². The molecular weight excluding hydrogens is 646 g/mol. The summed E-state index contributed by atoms with van der Waals surface area (Å²) in [6, 6.07) is 16.7. The van der Waals surface area contributed by atoms with E-state index in [0.29, 0.717) is 48.5 Å². The van der Waals surface area contributed by atoms with Crippen molar-refractivity contribution in [2.75, 3.05) is 13.2 Å². The molecule has 0 radical (unpaired) electrons. The summed E-state index contributed by atoms with van der Waals surface area (Å²) >= 11 is 0. The number of benzene rings is 2. The van der Waals surface area contributed by atoms with Crippen molar-refractivity contribution in [2.45, 2.75) is 51.3 Å². The Morgan fingerprint density at radius 3 is 2.60 bits per heavy atom. The van der Waals surface area contributed by atoms with E-state index in [4.69, 9.17) is 14.5 Å². The number of carboxylic acid groups (broad SMARTS) is 1. The number of nitrogens with one attached hydrogen (secondary N) is 1. The lowest BCUT2D eigenvalue weighted by Crippen LogP contribution is -2.36. The molecule has 1 atom stereocenters. The van der Waals surface area contributed by atoms with Crippen molar-refractivity contribution in [1.29, 1.82) is 5.26 Å². The number of rotatable bonds is 10. The Kier molecular flexibility index (Phi) is 8.27. The fourth-order valence-electron chi connectivity index (χ4n) is 6.14. The lowest BCUT2D eigenvalue weighted by atomic mass is 9.87. The molecule has 1 aliphatic carbocycles. The van der Waals surface area contributed by atoms with E-state index in [1.807, 2.05) is 18.4 Å². The molecular formula is C37H32F2N6O5. The van der Waals surface area contributed by atoms with Crippen LogP contribution in [0.4, 0.5) is 8.78 Å². The number of imidazole rings is 1. The fourth-order valence-corrected chi connectivity index (χ4v) is 6.14. The van der Waals surface area contributed by atoms with E-state index in [9.17, 15) is 20.0 Å². The molecule has 2 aromatic carbocycles. The zero-order chi connectivity index (χ0) is 35.2. The molecule has 1 saturated heterocycles. The smallest absolute Gasteiger partial charge is 0.335 e. The zero-order valence-corrected chi connectivity index (χ0v) is 27.2. The number of halogens is 2. The first-order chi connectivity index (χ1) is 23.9. The molecule has 5 aromatic rings. The van der Waals surface area contributed by atoms with E-state index >= 15 is 8.78 Å². The van der Waals surface area contributed by atoms with Gasteiger partial charge in [-0.15, -0.1) is 0 Å². The third-order valence-corrected chi connectivity index (χ3v) is 9.22. The minimum atomic E-state index is -1.08. The van der Waals surface area contributed by atoms with Crippen molar-refractivity contribution < 1.29 is 33.0 Å². The highest BCUT2D eigenvalue weighted by Gasteiger charge is 2.45. The molecule has 2 fully saturated rings. The van der Waals surface area contributed by atoms with Crippen LogP contribution in [0.25, 0.3) is 22.3 Å². The Labute approximate surface area is 285 Å². The van der Waals surface area contributed by atoms with Gasteiger partial charge in [0, 0.05) is 35.2 Å². The molecule has 3 aromatic heterocycles. The maximum absolute atomic E-state index is 15.7. The highest BCUT2D eigenvalue weighted by molar-refractivity contribution is 5.93. The van der Waals surface area contributed by atoms with Crippen molar-refractivity contribution in [1.82, 2.24) is 24.8 Å². The molecule has 50 heavy (non-hydrogen) atoms. The maximum atomic E-state index is 15.7. The largest absolute Gasteiger partial charge is 0.478 e. The van der Waals surface area contributed by atoms with Crippen molar-refractivity contribution in [3.63, 3.8) is 0 Å². The van der Waals surface area contributed by atoms with Gasteiger partial charge in [-0.1, -0.05) is 26.0 Å². The van der Waals surface area contributed by atoms with Crippen molar-refractivity contribution in [3.05, 3.63) is 107 Å². The molecule has 0 unspecified atom stereocenters. The van der Waals surface area contributed by atoms with E-state index < -0.39 is 29.0 Å². The number of nitriles is 1. The molecule has 4 heterocycles. The predicted molar refractivity (Wildman–Crippen MR) is 176 cm³/mol. The van der Waals surface area contributed by atoms with Crippen LogP contribution in [0.15, 0.2) is 66.9 Å². The molecule has 0 spiro atoms. The van der Waals surface area contributed by atoms with Gasteiger partial charge in [0.25, 0.3) is 5.91 Å². The minimum absolute atomic E-state index is 0.0447. The number of hydrogen-bond acceptors (Lipinski definition) is 8. The molecule has 7 rings (SSSR count). The van der Waals surface area contributed by atoms with Crippen molar-refractivity contribution in [3.8, 4) is 23.2 Å². The van der Waals surface area contributed by atoms with E-state index in [1.54, 1.807) is 36.4 Å². The van der Waals surface area contributed by atoms with Gasteiger partial charge in [0.15, 0.2) is 0 Å². The Bertz CT molecular complexity index is 2190. The number of fused-ring (bicyclic) bond motifs is 1. The van der Waals surface area contributed by atoms with Crippen LogP contribution < -0.4 is 10.1 Å². The Morgan fingerprint density at radius 2 is 1.92 bits per heavy atom. The monoisotopic (exact) mass is 678 g/mol. The molecule has 1 amide bonds. The van der Waals surface area contributed by atoms with Gasteiger partial charge in [-0.25, -0.2) is 23.5 Å². The predicted octanol–water partition coefficient (Wildman–Crippen LogP) is 6.02. The molecule has 1 aliphatic heterocycles. The summed E-state index contributed by atoms with van der Waals surface area (Å²) < 4.78 is 44.9. The van der Waals surface area contributed by atoms with Gasteiger partial charge in [0.2, 0.25) is 5.88 Å². The van der Waals surface area contributed by atoms with Crippen molar-refractivity contribution in [2.24, 2.45) is 5.41 Å². The van der Waals surface area contributed by atoms with Gasteiger partial charge in [-0.05, 0) is 60.9 Å². The summed E-state index contributed by atoms with van der Waals surface area (Å²) in [5.74, 6) is -2.21. The van der Waals surface area contributed by atoms with E-state index in [0.717, 1.165) is 12.1 Å². The number of carboxylic acids is 1. The van der Waals surface area contributed by atoms with Gasteiger partial charge < -0.3 is 24.5 Å². The summed E-state index contributed by atoms with van der Waals surface area (Å²) in [5.41, 5.74) is 1.14. The molecule has 254 valence electrons. The summed E-state index contributed by atoms with van der Waals surface area (Å²) in [4.78, 5) is 37.4. The molecule has 13 heteroatoms. The molecule has 0 bridgehead atoms. The SMILES string of the molecule is CC1(C)COC[C@@H]1n1c(Cc2cc(F)c(-c3cccc(OCc4ccc(C(=O)NC5(C#N)CC5)nc4)n3)cc2F)nc2ccc(C(=O)O)cc21. The summed E-state index contributed by atoms with van der Waals surface area (Å²) in [5, 5.41) is 21.5. The van der Waals surface area contributed by atoms with Crippen LogP contribution in [0.5, 0.6) is 5.88 Å². The number of carbonyl (C=O) groups is 2. The number of carbonyl (C=O) groups excluding carboxylic acids is 1. The van der Waals surface area contributed by atoms with Crippen molar-refractivity contribution >= 4 is 22.9 Å². The minimum Gasteiger partial charge on any atom is -0.478 e. The van der Waals surface area contributed by atoms with E-state index in [2.05, 4.69) is 21.4 Å². The second-order valence-corrected chi connectivity index (χ2v) is 13.4. The first kappa shape index (κ1) is 32.8. The van der Waals surface area contributed by atoms with Gasteiger partial charge in [0.05, 0.1) is 47.6 Å². The Morgan fingerprint density at radius 1 is 1.10 bits per heavy atom. The van der Waals surface area contributed by atoms with Gasteiger partial charge in [0.1, 0.15) is 35.3 Å². The van der Waals surface area contributed by atoms with Gasteiger partial charge in [-0.3, -0.25) is 9.78 Å². The number of nitrogens with zero attached hydrogens (tertiary/aromatic N) is 5. The number of ether oxygens (including phenoxy) is 2. The fraction of sp³-hybridized carbons (Fsp3) is 0.297. The molecule has 11 nitrogen and oxygen atoms in total. The third kappa shape index (κ3) is 6.37. The normalized spacial score (nSPS) is 17.3. The maximum Gasteiger partial charge on any atom is 0.335 e. The quantitative estimate of drug-likeness (QED) is 0.181. The summed E-state index contributed by atoms with van der Waals surface area (Å²) in [6.45, 7) is 4.98. The summed E-state index contributed by atoms with van der Waals surface area (Å²) in [6.07, 6.45) is 2.67. The van der Waals surface area contributed by atoms with Gasteiger partial charge in [-0.2, -0.15) is 5.26 Å². The standard InChI is InChI=1S/C37H32F2N6O5/c1-36(2)20-49-18-31(36)45-30-13-22(35(47)48)7-9-28(30)42-32(45)14-23-12-26(39)24(15-25(23)38)27-4-3-5-33(43-27)50-17-21-6-8-29(41-16-21)34(46)44-37(19-40)10-11-37/h3-9,12-13,15-16,31H,10-11,14,17-18,20H2,1-2H3,(H,44,46)(H,47,48)/t31-/m0/s1. The Balaban J connectivity index is 1.10. The first-order valence-corrected chi connectivity index (χ1v) is 16.0. The van der Waals surface area contributed by atoms with Crippen LogP contribution in [0, 0.1) is 28.4 Å². The second kappa shape index (κ2) is 12.6. The summed E-state index contributed by atoms with van der Waals surface area (Å²) in [7, 11) is 0. The second-order valence-electron chi connectivity index (χ2n) is 13.4. The van der Waals surface area contributed by atoms with Crippen LogP contribution in [0.2, 0.25) is 0 Å². The van der Waals surface area contributed by atoms with Crippen LogP contribution in [-0.4, -0.2) is 55.3 Å². The molecule has 2 N–H and O–H groups in total. The lowest BCUT2D eigenvalue weighted by molar-refractivity contribution is 0.0696. The highest BCUT2D eigenvalue weighted by atomic mass is 19.1. The molecule has 2 aliphatic rings. The van der Waals surface area contributed by atoms with Crippen LogP contribution >= 0.6 is 0 Å². The van der Waals surface area contributed by atoms with Gasteiger partial charge >= 0.3 is 5.97 Å². The first-order valence-electron chi connectivity index (χ1n) is 16.0. The zero-order valence-electron chi connectivity index (χ0n) is 27.2.